The molecule has 1 N–H and O–H groups in total. The molecule has 6 nitrogen and oxygen atoms in total. The van der Waals surface area contributed by atoms with Gasteiger partial charge >= 0.3 is 12.1 Å². The van der Waals surface area contributed by atoms with Crippen LogP contribution in [-0.4, -0.2) is 40.6 Å². The number of likely N-dealkylation sites (tertiary alicyclic amines) is 1. The smallest absolute Gasteiger partial charge is 0.410 e. The zero-order valence-corrected chi connectivity index (χ0v) is 15.3. The minimum atomic E-state index is -0.501. The van der Waals surface area contributed by atoms with Crippen LogP contribution in [0.1, 0.15) is 51.2 Å². The minimum Gasteiger partial charge on any atom is -0.444 e. The predicted octanol–water partition coefficient (Wildman–Crippen LogP) is 3.96. The lowest BCUT2D eigenvalue weighted by atomic mass is 10.1. The van der Waals surface area contributed by atoms with Gasteiger partial charge in [0.2, 0.25) is 0 Å². The third kappa shape index (κ3) is 4.44. The van der Waals surface area contributed by atoms with E-state index < -0.39 is 5.60 Å². The van der Waals surface area contributed by atoms with Crippen LogP contribution in [0.15, 0.2) is 18.2 Å². The van der Waals surface area contributed by atoms with Crippen molar-refractivity contribution in [2.45, 2.75) is 58.7 Å². The second-order valence-corrected chi connectivity index (χ2v) is 7.80. The molecule has 25 heavy (non-hydrogen) atoms. The molecule has 0 unspecified atom stereocenters. The second-order valence-electron chi connectivity index (χ2n) is 7.80. The van der Waals surface area contributed by atoms with Gasteiger partial charge in [-0.05, 0) is 63.3 Å². The van der Waals surface area contributed by atoms with Gasteiger partial charge < -0.3 is 15.0 Å². The number of carbonyl (C=O) groups is 2. The van der Waals surface area contributed by atoms with Gasteiger partial charge in [0, 0.05) is 31.9 Å². The third-order valence-electron chi connectivity index (χ3n) is 4.47. The van der Waals surface area contributed by atoms with Crippen LogP contribution in [0.4, 0.5) is 15.3 Å². The first-order chi connectivity index (χ1) is 11.8. The lowest BCUT2D eigenvalue weighted by Gasteiger charge is -2.26. The number of urea groups is 1. The number of ether oxygens (including phenoxy) is 1. The minimum absolute atomic E-state index is 0.0401. The Labute approximate surface area is 149 Å². The average Bonchev–Trinajstić information content (AvgIpc) is 2.97. The molecular formula is C19H27N3O3. The van der Waals surface area contributed by atoms with Crippen molar-refractivity contribution in [3.8, 4) is 0 Å². The summed E-state index contributed by atoms with van der Waals surface area (Å²) in [6, 6.07) is 5.80. The normalized spacial score (nSPS) is 17.2. The Morgan fingerprint density at radius 1 is 1.00 bits per heavy atom. The van der Waals surface area contributed by atoms with Gasteiger partial charge in [-0.2, -0.15) is 0 Å². The number of rotatable bonds is 1. The Hall–Kier alpha value is -2.24. The van der Waals surface area contributed by atoms with E-state index in [2.05, 4.69) is 5.32 Å². The Bertz CT molecular complexity index is 660. The molecule has 1 saturated heterocycles. The molecule has 0 bridgehead atoms. The van der Waals surface area contributed by atoms with Crippen molar-refractivity contribution in [2.24, 2.45) is 0 Å². The number of benzene rings is 1. The van der Waals surface area contributed by atoms with E-state index in [9.17, 15) is 9.59 Å². The molecule has 2 aliphatic rings. The van der Waals surface area contributed by atoms with Crippen LogP contribution in [0, 0.1) is 0 Å². The highest BCUT2D eigenvalue weighted by Gasteiger charge is 2.28. The fourth-order valence-electron chi connectivity index (χ4n) is 3.23. The van der Waals surface area contributed by atoms with Crippen LogP contribution >= 0.6 is 0 Å². The van der Waals surface area contributed by atoms with Gasteiger partial charge in [-0.25, -0.2) is 9.59 Å². The highest BCUT2D eigenvalue weighted by Crippen LogP contribution is 2.27. The van der Waals surface area contributed by atoms with Crippen molar-refractivity contribution >= 4 is 17.8 Å². The fraction of sp³-hybridized carbons (Fsp3) is 0.579. The van der Waals surface area contributed by atoms with E-state index in [1.165, 1.54) is 6.42 Å². The predicted molar refractivity (Wildman–Crippen MR) is 96.4 cm³/mol. The molecular weight excluding hydrogens is 318 g/mol. The summed E-state index contributed by atoms with van der Waals surface area (Å²) in [7, 11) is 0. The van der Waals surface area contributed by atoms with E-state index in [4.69, 9.17) is 4.74 Å². The van der Waals surface area contributed by atoms with Crippen molar-refractivity contribution in [3.63, 3.8) is 0 Å². The van der Waals surface area contributed by atoms with Crippen LogP contribution in [0.25, 0.3) is 0 Å². The number of hydrogen-bond acceptors (Lipinski definition) is 3. The molecule has 6 heteroatoms. The van der Waals surface area contributed by atoms with Gasteiger partial charge in [0.05, 0.1) is 0 Å². The summed E-state index contributed by atoms with van der Waals surface area (Å²) < 4.78 is 5.44. The average molecular weight is 345 g/mol. The summed E-state index contributed by atoms with van der Waals surface area (Å²) >= 11 is 0. The molecule has 0 aliphatic carbocycles. The number of amides is 3. The van der Waals surface area contributed by atoms with E-state index in [-0.39, 0.29) is 12.1 Å². The van der Waals surface area contributed by atoms with Crippen molar-refractivity contribution in [3.05, 3.63) is 29.3 Å². The van der Waals surface area contributed by atoms with Crippen LogP contribution in [-0.2, 0) is 17.8 Å². The van der Waals surface area contributed by atoms with Crippen molar-refractivity contribution in [1.29, 1.82) is 0 Å². The van der Waals surface area contributed by atoms with Gasteiger partial charge in [-0.15, -0.1) is 0 Å². The fourth-order valence-corrected chi connectivity index (χ4v) is 3.23. The number of nitrogens with zero attached hydrogens (tertiary/aromatic N) is 2. The zero-order chi connectivity index (χ0) is 18.0. The highest BCUT2D eigenvalue weighted by atomic mass is 16.6. The van der Waals surface area contributed by atoms with Gasteiger partial charge in [-0.1, -0.05) is 6.07 Å². The van der Waals surface area contributed by atoms with Crippen LogP contribution in [0.2, 0.25) is 0 Å². The Balaban J connectivity index is 1.62. The summed E-state index contributed by atoms with van der Waals surface area (Å²) in [6.07, 6.45) is 3.04. The quantitative estimate of drug-likeness (QED) is 0.838. The summed E-state index contributed by atoms with van der Waals surface area (Å²) in [5.74, 6) is 0. The number of carbonyl (C=O) groups excluding carboxylic acids is 2. The molecule has 136 valence electrons. The maximum atomic E-state index is 12.3. The molecule has 2 aliphatic heterocycles. The molecule has 2 heterocycles. The lowest BCUT2D eigenvalue weighted by molar-refractivity contribution is 0.0242. The highest BCUT2D eigenvalue weighted by molar-refractivity contribution is 5.89. The maximum absolute atomic E-state index is 12.3. The van der Waals surface area contributed by atoms with Crippen LogP contribution in [0.3, 0.4) is 0 Å². The molecule has 0 aromatic heterocycles. The molecule has 3 amide bonds. The first-order valence-corrected chi connectivity index (χ1v) is 8.97. The number of anilines is 1. The van der Waals surface area contributed by atoms with Crippen LogP contribution < -0.4 is 5.32 Å². The number of nitrogens with one attached hydrogen (secondary N) is 1. The molecule has 0 atom stereocenters. The number of hydrogen-bond donors (Lipinski definition) is 1. The molecule has 1 aromatic carbocycles. The summed E-state index contributed by atoms with van der Waals surface area (Å²) in [5.41, 5.74) is 2.43. The first-order valence-electron chi connectivity index (χ1n) is 8.97. The molecule has 3 rings (SSSR count). The summed E-state index contributed by atoms with van der Waals surface area (Å²) in [6.45, 7) is 8.29. The third-order valence-corrected chi connectivity index (χ3v) is 4.47. The Morgan fingerprint density at radius 2 is 1.68 bits per heavy atom. The van der Waals surface area contributed by atoms with Gasteiger partial charge in [-0.3, -0.25) is 4.90 Å². The zero-order valence-electron chi connectivity index (χ0n) is 15.3. The van der Waals surface area contributed by atoms with E-state index in [1.807, 2.05) is 43.9 Å². The number of piperidine rings is 1. The molecule has 0 radical (unpaired) electrons. The monoisotopic (exact) mass is 345 g/mol. The molecule has 1 aromatic rings. The van der Waals surface area contributed by atoms with E-state index in [0.29, 0.717) is 13.1 Å². The second kappa shape index (κ2) is 6.94. The SMILES string of the molecule is CC(C)(C)OC(=O)N1Cc2ccc(NC(=O)N3CCCCC3)cc2C1. The standard InChI is InChI=1S/C19H27N3O3/c1-19(2,3)25-18(24)22-12-14-7-8-16(11-15(14)13-22)20-17(23)21-9-5-4-6-10-21/h7-8,11H,4-6,9-10,12-13H2,1-3H3,(H,20,23). The topological polar surface area (TPSA) is 61.9 Å². The summed E-state index contributed by atoms with van der Waals surface area (Å²) in [4.78, 5) is 28.1. The Kier molecular flexibility index (Phi) is 4.88. The van der Waals surface area contributed by atoms with Crippen LogP contribution in [0.5, 0.6) is 0 Å². The molecule has 1 fully saturated rings. The maximum Gasteiger partial charge on any atom is 0.410 e. The van der Waals surface area contributed by atoms with Crippen molar-refractivity contribution in [1.82, 2.24) is 9.80 Å². The van der Waals surface area contributed by atoms with Crippen molar-refractivity contribution < 1.29 is 14.3 Å². The van der Waals surface area contributed by atoms with Gasteiger partial charge in [0.15, 0.2) is 0 Å². The largest absolute Gasteiger partial charge is 0.444 e. The van der Waals surface area contributed by atoms with E-state index in [1.54, 1.807) is 4.90 Å². The van der Waals surface area contributed by atoms with Crippen molar-refractivity contribution in [2.75, 3.05) is 18.4 Å². The Morgan fingerprint density at radius 3 is 2.36 bits per heavy atom. The lowest BCUT2D eigenvalue weighted by Crippen LogP contribution is -2.38. The molecule has 0 spiro atoms. The number of fused-ring (bicyclic) bond motifs is 1. The van der Waals surface area contributed by atoms with Gasteiger partial charge in [0.25, 0.3) is 0 Å². The van der Waals surface area contributed by atoms with Gasteiger partial charge in [0.1, 0.15) is 5.60 Å². The van der Waals surface area contributed by atoms with E-state index in [0.717, 1.165) is 42.7 Å². The first kappa shape index (κ1) is 17.6. The van der Waals surface area contributed by atoms with E-state index >= 15 is 0 Å². The molecule has 0 saturated carbocycles. The summed E-state index contributed by atoms with van der Waals surface area (Å²) in [5, 5.41) is 2.98.